The third-order valence-electron chi connectivity index (χ3n) is 4.69. The van der Waals surface area contributed by atoms with E-state index in [0.29, 0.717) is 0 Å². The summed E-state index contributed by atoms with van der Waals surface area (Å²) in [4.78, 5) is 5.02. The lowest BCUT2D eigenvalue weighted by molar-refractivity contribution is -0.0306. The minimum Gasteiger partial charge on any atom is -0.391 e. The number of aliphatic hydroxyl groups excluding tert-OH is 1. The van der Waals surface area contributed by atoms with E-state index in [2.05, 4.69) is 38.1 Å². The highest BCUT2D eigenvalue weighted by Gasteiger charge is 2.40. The molecule has 1 aliphatic carbocycles. The van der Waals surface area contributed by atoms with Gasteiger partial charge < -0.3 is 10.0 Å². The van der Waals surface area contributed by atoms with Gasteiger partial charge in [0.1, 0.15) is 0 Å². The first-order chi connectivity index (χ1) is 9.08. The van der Waals surface area contributed by atoms with Crippen molar-refractivity contribution < 1.29 is 5.11 Å². The van der Waals surface area contributed by atoms with Gasteiger partial charge in [-0.3, -0.25) is 0 Å². The SMILES string of the molecule is CCc1ccc(CC(O)C2(N(C)C)CCCCC2)s1. The Hall–Kier alpha value is -0.380. The van der Waals surface area contributed by atoms with Crippen molar-refractivity contribution in [2.24, 2.45) is 0 Å². The van der Waals surface area contributed by atoms with Gasteiger partial charge in [0.25, 0.3) is 0 Å². The average Bonchev–Trinajstić information content (AvgIpc) is 2.87. The normalized spacial score (nSPS) is 20.7. The summed E-state index contributed by atoms with van der Waals surface area (Å²) in [5.41, 5.74) is -0.00534. The van der Waals surface area contributed by atoms with Gasteiger partial charge in [-0.1, -0.05) is 26.2 Å². The van der Waals surface area contributed by atoms with Gasteiger partial charge in [-0.2, -0.15) is 0 Å². The van der Waals surface area contributed by atoms with Gasteiger partial charge in [-0.15, -0.1) is 11.3 Å². The van der Waals surface area contributed by atoms with E-state index < -0.39 is 0 Å². The Bertz CT molecular complexity index is 393. The summed E-state index contributed by atoms with van der Waals surface area (Å²) in [7, 11) is 4.25. The first-order valence-corrected chi connectivity index (χ1v) is 8.33. The van der Waals surface area contributed by atoms with Crippen LogP contribution in [-0.2, 0) is 12.8 Å². The van der Waals surface area contributed by atoms with Gasteiger partial charge in [-0.05, 0) is 45.5 Å². The van der Waals surface area contributed by atoms with Crippen molar-refractivity contribution in [2.45, 2.75) is 63.5 Å². The maximum Gasteiger partial charge on any atom is 0.0771 e. The molecule has 1 fully saturated rings. The highest BCUT2D eigenvalue weighted by atomic mass is 32.1. The van der Waals surface area contributed by atoms with Crippen molar-refractivity contribution in [2.75, 3.05) is 14.1 Å². The Morgan fingerprint density at radius 1 is 1.21 bits per heavy atom. The number of likely N-dealkylation sites (N-methyl/N-ethyl adjacent to an activating group) is 1. The second kappa shape index (κ2) is 6.38. The molecule has 0 bridgehead atoms. The fourth-order valence-electron chi connectivity index (χ4n) is 3.35. The monoisotopic (exact) mass is 281 g/mol. The van der Waals surface area contributed by atoms with Crippen LogP contribution in [0, 0.1) is 0 Å². The van der Waals surface area contributed by atoms with E-state index >= 15 is 0 Å². The van der Waals surface area contributed by atoms with Crippen molar-refractivity contribution in [3.05, 3.63) is 21.9 Å². The third kappa shape index (κ3) is 3.21. The van der Waals surface area contributed by atoms with Gasteiger partial charge in [0.2, 0.25) is 0 Å². The lowest BCUT2D eigenvalue weighted by Gasteiger charge is -2.46. The molecule has 2 rings (SSSR count). The molecule has 2 nitrogen and oxygen atoms in total. The van der Waals surface area contributed by atoms with Crippen LogP contribution in [0.3, 0.4) is 0 Å². The van der Waals surface area contributed by atoms with Crippen LogP contribution < -0.4 is 0 Å². The second-order valence-electron chi connectivity index (χ2n) is 6.00. The van der Waals surface area contributed by atoms with Gasteiger partial charge in [0.05, 0.1) is 6.10 Å². The van der Waals surface area contributed by atoms with Crippen LogP contribution in [0.2, 0.25) is 0 Å². The average molecular weight is 281 g/mol. The van der Waals surface area contributed by atoms with Crippen LogP contribution in [0.4, 0.5) is 0 Å². The standard InChI is InChI=1S/C16H27NOS/c1-4-13-8-9-14(19-13)12-15(18)16(17(2)3)10-6-5-7-11-16/h8-9,15,18H,4-7,10-12H2,1-3H3. The van der Waals surface area contributed by atoms with E-state index in [1.165, 1.54) is 29.0 Å². The van der Waals surface area contributed by atoms with Crippen molar-refractivity contribution in [3.8, 4) is 0 Å². The van der Waals surface area contributed by atoms with Gasteiger partial charge in [-0.25, -0.2) is 0 Å². The molecular formula is C16H27NOS. The Morgan fingerprint density at radius 2 is 1.84 bits per heavy atom. The van der Waals surface area contributed by atoms with Crippen LogP contribution >= 0.6 is 11.3 Å². The summed E-state index contributed by atoms with van der Waals surface area (Å²) in [6.45, 7) is 2.19. The molecule has 1 aliphatic rings. The van der Waals surface area contributed by atoms with Crippen molar-refractivity contribution >= 4 is 11.3 Å². The first-order valence-electron chi connectivity index (χ1n) is 7.51. The number of aliphatic hydroxyl groups is 1. The molecule has 1 unspecified atom stereocenters. The van der Waals surface area contributed by atoms with Crippen molar-refractivity contribution in [1.29, 1.82) is 0 Å². The lowest BCUT2D eigenvalue weighted by Crippen LogP contribution is -2.55. The number of thiophene rings is 1. The molecule has 1 N–H and O–H groups in total. The molecule has 0 spiro atoms. The lowest BCUT2D eigenvalue weighted by atomic mass is 9.75. The van der Waals surface area contributed by atoms with Crippen molar-refractivity contribution in [1.82, 2.24) is 4.90 Å². The quantitative estimate of drug-likeness (QED) is 0.893. The molecule has 3 heteroatoms. The van der Waals surface area contributed by atoms with Crippen LogP contribution in [-0.4, -0.2) is 35.7 Å². The fraction of sp³-hybridized carbons (Fsp3) is 0.750. The molecule has 108 valence electrons. The van der Waals surface area contributed by atoms with E-state index in [1.54, 1.807) is 0 Å². The topological polar surface area (TPSA) is 23.5 Å². The summed E-state index contributed by atoms with van der Waals surface area (Å²) in [5, 5.41) is 10.8. The van der Waals surface area contributed by atoms with E-state index in [1.807, 2.05) is 11.3 Å². The minimum absolute atomic E-state index is 0.00534. The first kappa shape index (κ1) is 15.0. The molecule has 0 radical (unpaired) electrons. The summed E-state index contributed by atoms with van der Waals surface area (Å²) < 4.78 is 0. The molecule has 1 aromatic rings. The predicted octanol–water partition coefficient (Wildman–Crippen LogP) is 3.48. The summed E-state index contributed by atoms with van der Waals surface area (Å²) in [6, 6.07) is 4.40. The Labute approximate surface area is 121 Å². The zero-order chi connectivity index (χ0) is 13.9. The van der Waals surface area contributed by atoms with Crippen LogP contribution in [0.15, 0.2) is 12.1 Å². The van der Waals surface area contributed by atoms with Crippen LogP contribution in [0.1, 0.15) is 48.8 Å². The van der Waals surface area contributed by atoms with E-state index in [4.69, 9.17) is 0 Å². The highest BCUT2D eigenvalue weighted by molar-refractivity contribution is 7.11. The molecule has 0 aliphatic heterocycles. The predicted molar refractivity (Wildman–Crippen MR) is 82.9 cm³/mol. The Balaban J connectivity index is 2.09. The Kier molecular flexibility index (Phi) is 5.04. The van der Waals surface area contributed by atoms with E-state index in [-0.39, 0.29) is 11.6 Å². The number of nitrogens with zero attached hydrogens (tertiary/aromatic N) is 1. The number of hydrogen-bond donors (Lipinski definition) is 1. The summed E-state index contributed by atoms with van der Waals surface area (Å²) >= 11 is 1.86. The molecule has 0 aromatic carbocycles. The minimum atomic E-state index is -0.244. The molecule has 0 saturated heterocycles. The number of aryl methyl sites for hydroxylation is 1. The van der Waals surface area contributed by atoms with Gasteiger partial charge in [0, 0.05) is 21.7 Å². The smallest absolute Gasteiger partial charge is 0.0771 e. The summed E-state index contributed by atoms with van der Waals surface area (Å²) in [6.07, 6.45) is 7.75. The molecule has 19 heavy (non-hydrogen) atoms. The number of rotatable bonds is 5. The molecule has 1 saturated carbocycles. The molecule has 1 aromatic heterocycles. The number of hydrogen-bond acceptors (Lipinski definition) is 3. The van der Waals surface area contributed by atoms with Crippen LogP contribution in [0.25, 0.3) is 0 Å². The maximum atomic E-state index is 10.8. The molecular weight excluding hydrogens is 254 g/mol. The van der Waals surface area contributed by atoms with Gasteiger partial charge >= 0.3 is 0 Å². The molecule has 0 amide bonds. The third-order valence-corrected chi connectivity index (χ3v) is 5.94. The zero-order valence-electron chi connectivity index (χ0n) is 12.5. The Morgan fingerprint density at radius 3 is 2.37 bits per heavy atom. The van der Waals surface area contributed by atoms with Crippen LogP contribution in [0.5, 0.6) is 0 Å². The largest absolute Gasteiger partial charge is 0.391 e. The maximum absolute atomic E-state index is 10.8. The van der Waals surface area contributed by atoms with E-state index in [0.717, 1.165) is 25.7 Å². The fourth-order valence-corrected chi connectivity index (χ4v) is 4.34. The van der Waals surface area contributed by atoms with Crippen molar-refractivity contribution in [3.63, 3.8) is 0 Å². The molecule has 1 atom stereocenters. The zero-order valence-corrected chi connectivity index (χ0v) is 13.3. The van der Waals surface area contributed by atoms with E-state index in [9.17, 15) is 5.11 Å². The van der Waals surface area contributed by atoms with Gasteiger partial charge in [0.15, 0.2) is 0 Å². The summed E-state index contributed by atoms with van der Waals surface area (Å²) in [5.74, 6) is 0. The highest BCUT2D eigenvalue weighted by Crippen LogP contribution is 2.36. The second-order valence-corrected chi connectivity index (χ2v) is 7.25. The molecule has 1 heterocycles.